The van der Waals surface area contributed by atoms with Crippen molar-refractivity contribution in [3.8, 4) is 17.0 Å². The fourth-order valence-corrected chi connectivity index (χ4v) is 5.44. The zero-order chi connectivity index (χ0) is 33.1. The van der Waals surface area contributed by atoms with Crippen LogP contribution in [0.2, 0.25) is 0 Å². The number of aromatic nitrogens is 2. The molecule has 0 radical (unpaired) electrons. The summed E-state index contributed by atoms with van der Waals surface area (Å²) >= 11 is 0. The van der Waals surface area contributed by atoms with E-state index in [9.17, 15) is 24.0 Å². The molecule has 15 heteroatoms. The molecule has 2 aromatic carbocycles. The molecule has 4 amide bonds. The van der Waals surface area contributed by atoms with Gasteiger partial charge in [0.05, 0.1) is 30.3 Å². The lowest BCUT2D eigenvalue weighted by molar-refractivity contribution is -0.158. The lowest BCUT2D eigenvalue weighted by atomic mass is 9.94. The number of amides is 4. The third-order valence-electron chi connectivity index (χ3n) is 7.81. The molecule has 1 saturated heterocycles. The Kier molecular flexibility index (Phi) is 7.06. The number of methoxy groups -OCH3 is 1. The van der Waals surface area contributed by atoms with Gasteiger partial charge in [-0.3, -0.25) is 24.2 Å². The van der Waals surface area contributed by atoms with Gasteiger partial charge < -0.3 is 29.8 Å². The highest BCUT2D eigenvalue weighted by Gasteiger charge is 2.57. The average Bonchev–Trinajstić information content (AvgIpc) is 3.63. The van der Waals surface area contributed by atoms with Crippen molar-refractivity contribution in [2.24, 2.45) is 5.41 Å². The molecule has 46 heavy (non-hydrogen) atoms. The van der Waals surface area contributed by atoms with Crippen LogP contribution >= 0.6 is 0 Å². The van der Waals surface area contributed by atoms with Crippen molar-refractivity contribution in [1.29, 1.82) is 0 Å². The van der Waals surface area contributed by atoms with Gasteiger partial charge in [-0.1, -0.05) is 6.07 Å². The highest BCUT2D eigenvalue weighted by molar-refractivity contribution is 6.08. The maximum absolute atomic E-state index is 15.2. The lowest BCUT2D eigenvalue weighted by Gasteiger charge is -2.29. The van der Waals surface area contributed by atoms with Gasteiger partial charge in [0, 0.05) is 23.6 Å². The van der Waals surface area contributed by atoms with Crippen molar-refractivity contribution in [2.45, 2.75) is 32.9 Å². The number of carbonyl (C=O) groups excluding carboxylic acids is 4. The zero-order valence-corrected chi connectivity index (χ0v) is 25.2. The minimum absolute atomic E-state index is 0.0390. The number of rotatable bonds is 7. The molecule has 0 saturated carbocycles. The smallest absolute Gasteiger partial charge is 0.328 e. The number of anilines is 1. The van der Waals surface area contributed by atoms with Crippen molar-refractivity contribution in [2.75, 3.05) is 26.1 Å². The van der Waals surface area contributed by atoms with E-state index in [4.69, 9.17) is 19.6 Å². The number of hydrogen-bond acceptors (Lipinski definition) is 10. The standard InChI is InChI=1S/C31H29FN6O8/c1-30(2,3)27(42)45-14-38-26(41)31(36-29(38)43,13-37-12-16-6-8-20(44-4)24(32)23(16)25(37)40)21-10-17-9-15(5-7-19(17)46-21)18-11-22(39)35-28(33)34-18/h5-11H,12-14H2,1-4H3,(H,36,43)(H3,33,34,35,39)/t31-/m0/s1. The first-order valence-electron chi connectivity index (χ1n) is 14.1. The maximum atomic E-state index is 15.2. The van der Waals surface area contributed by atoms with Crippen LogP contribution in [0.4, 0.5) is 15.1 Å². The molecular weight excluding hydrogens is 603 g/mol. The molecule has 2 aromatic heterocycles. The number of urea groups is 1. The van der Waals surface area contributed by atoms with Gasteiger partial charge in [-0.2, -0.15) is 0 Å². The zero-order valence-electron chi connectivity index (χ0n) is 25.2. The molecule has 2 aliphatic rings. The largest absolute Gasteiger partial charge is 0.494 e. The second kappa shape index (κ2) is 10.7. The van der Waals surface area contributed by atoms with Crippen LogP contribution in [-0.4, -0.2) is 64.0 Å². The molecule has 4 heterocycles. The van der Waals surface area contributed by atoms with Gasteiger partial charge in [0.2, 0.25) is 5.95 Å². The number of imide groups is 1. The van der Waals surface area contributed by atoms with E-state index < -0.39 is 59.4 Å². The van der Waals surface area contributed by atoms with Crippen molar-refractivity contribution < 1.29 is 37.5 Å². The van der Waals surface area contributed by atoms with E-state index in [1.165, 1.54) is 30.2 Å². The highest BCUT2D eigenvalue weighted by atomic mass is 19.1. The first kappa shape index (κ1) is 30.3. The van der Waals surface area contributed by atoms with Gasteiger partial charge in [-0.25, -0.2) is 19.1 Å². The van der Waals surface area contributed by atoms with Crippen LogP contribution in [0.3, 0.4) is 0 Å². The van der Waals surface area contributed by atoms with Gasteiger partial charge in [0.1, 0.15) is 11.3 Å². The number of benzene rings is 2. The summed E-state index contributed by atoms with van der Waals surface area (Å²) in [5.74, 6) is -3.31. The first-order chi connectivity index (χ1) is 21.7. The molecule has 14 nitrogen and oxygen atoms in total. The highest BCUT2D eigenvalue weighted by Crippen LogP contribution is 2.38. The van der Waals surface area contributed by atoms with Crippen LogP contribution in [0, 0.1) is 11.2 Å². The topological polar surface area (TPSA) is 190 Å². The van der Waals surface area contributed by atoms with Crippen LogP contribution in [0.1, 0.15) is 42.5 Å². The van der Waals surface area contributed by atoms with Gasteiger partial charge in [0.25, 0.3) is 17.4 Å². The Hall–Kier alpha value is -5.73. The summed E-state index contributed by atoms with van der Waals surface area (Å²) in [6.45, 7) is 3.65. The fraction of sp³-hybridized carbons (Fsp3) is 0.290. The van der Waals surface area contributed by atoms with Crippen molar-refractivity contribution in [3.05, 3.63) is 75.5 Å². The predicted molar refractivity (Wildman–Crippen MR) is 160 cm³/mol. The lowest BCUT2D eigenvalue weighted by Crippen LogP contribution is -2.52. The van der Waals surface area contributed by atoms with Gasteiger partial charge >= 0.3 is 12.0 Å². The van der Waals surface area contributed by atoms with Gasteiger partial charge in [-0.15, -0.1) is 0 Å². The van der Waals surface area contributed by atoms with Gasteiger partial charge in [-0.05, 0) is 56.7 Å². The van der Waals surface area contributed by atoms with Gasteiger partial charge in [0.15, 0.2) is 23.8 Å². The number of halogens is 1. The summed E-state index contributed by atoms with van der Waals surface area (Å²) in [6.07, 6.45) is 0. The summed E-state index contributed by atoms with van der Waals surface area (Å²) < 4.78 is 31.6. The van der Waals surface area contributed by atoms with Crippen molar-refractivity contribution in [1.82, 2.24) is 25.1 Å². The summed E-state index contributed by atoms with van der Waals surface area (Å²) in [6, 6.07) is 9.70. The monoisotopic (exact) mass is 632 g/mol. The molecule has 1 fully saturated rings. The molecule has 0 unspecified atom stereocenters. The molecule has 4 N–H and O–H groups in total. The van der Waals surface area contributed by atoms with E-state index in [-0.39, 0.29) is 35.3 Å². The Balaban J connectivity index is 1.41. The number of aromatic amines is 1. The van der Waals surface area contributed by atoms with Crippen molar-refractivity contribution in [3.63, 3.8) is 0 Å². The molecule has 0 spiro atoms. The van der Waals surface area contributed by atoms with E-state index in [0.717, 1.165) is 0 Å². The third kappa shape index (κ3) is 4.98. The fourth-order valence-electron chi connectivity index (χ4n) is 5.44. The quantitative estimate of drug-likeness (QED) is 0.202. The van der Waals surface area contributed by atoms with Crippen LogP contribution in [0.25, 0.3) is 22.2 Å². The molecule has 1 atom stereocenters. The Morgan fingerprint density at radius 3 is 2.59 bits per heavy atom. The molecule has 238 valence electrons. The normalized spacial score (nSPS) is 17.9. The van der Waals surface area contributed by atoms with Crippen LogP contribution < -0.4 is 21.3 Å². The van der Waals surface area contributed by atoms with Crippen molar-refractivity contribution >= 4 is 40.7 Å². The Morgan fingerprint density at radius 2 is 1.89 bits per heavy atom. The van der Waals surface area contributed by atoms with E-state index >= 15 is 4.39 Å². The Morgan fingerprint density at radius 1 is 1.13 bits per heavy atom. The Labute approximate surface area is 260 Å². The number of carbonyl (C=O) groups is 4. The Bertz CT molecular complexity index is 2010. The number of ether oxygens (including phenoxy) is 2. The predicted octanol–water partition coefficient (Wildman–Crippen LogP) is 2.86. The summed E-state index contributed by atoms with van der Waals surface area (Å²) in [5, 5.41) is 3.12. The van der Waals surface area contributed by atoms with E-state index in [2.05, 4.69) is 15.3 Å². The minimum Gasteiger partial charge on any atom is -0.494 e. The SMILES string of the molecule is COc1ccc2c(c1F)C(=O)N(C[C@@]1(c3cc4cc(-c5cc(=O)[nH]c(N)n5)ccc4o3)NC(=O)N(COC(=O)C(C)(C)C)C1=O)C2. The molecule has 4 aromatic rings. The number of furan rings is 1. The number of nitrogens with two attached hydrogens (primary N) is 1. The molecule has 0 aliphatic carbocycles. The average molecular weight is 633 g/mol. The number of nitrogens with one attached hydrogen (secondary N) is 2. The number of hydrogen-bond donors (Lipinski definition) is 3. The molecule has 6 rings (SSSR count). The number of nitrogen functional groups attached to an aromatic ring is 1. The summed E-state index contributed by atoms with van der Waals surface area (Å²) in [5.41, 5.74) is 3.62. The van der Waals surface area contributed by atoms with E-state index in [1.54, 1.807) is 45.0 Å². The first-order valence-corrected chi connectivity index (χ1v) is 14.1. The number of esters is 1. The molecular formula is C31H29FN6O8. The molecule has 0 bridgehead atoms. The van der Waals surface area contributed by atoms with E-state index in [1.807, 2.05) is 0 Å². The van der Waals surface area contributed by atoms with Crippen LogP contribution in [-0.2, 0) is 26.4 Å². The third-order valence-corrected chi connectivity index (χ3v) is 7.81. The van der Waals surface area contributed by atoms with E-state index in [0.29, 0.717) is 27.0 Å². The minimum atomic E-state index is -1.99. The molecule has 2 aliphatic heterocycles. The summed E-state index contributed by atoms with van der Waals surface area (Å²) in [7, 11) is 1.28. The number of fused-ring (bicyclic) bond motifs is 2. The van der Waals surface area contributed by atoms with Crippen LogP contribution in [0.15, 0.2) is 51.7 Å². The number of H-pyrrole nitrogens is 1. The summed E-state index contributed by atoms with van der Waals surface area (Å²) in [4.78, 5) is 73.9. The second-order valence-corrected chi connectivity index (χ2v) is 12.0. The maximum Gasteiger partial charge on any atom is 0.328 e. The van der Waals surface area contributed by atoms with Crippen LogP contribution in [0.5, 0.6) is 5.75 Å². The number of nitrogens with zero attached hydrogens (tertiary/aromatic N) is 3. The second-order valence-electron chi connectivity index (χ2n) is 12.0.